The first-order valence-electron chi connectivity index (χ1n) is 13.5. The molecule has 2 aliphatic carbocycles. The van der Waals surface area contributed by atoms with E-state index in [9.17, 15) is 4.79 Å². The highest BCUT2D eigenvalue weighted by Gasteiger charge is 2.33. The maximum atomic E-state index is 13.2. The molecular formula is C27H38N6O2. The topological polar surface area (TPSA) is 88.9 Å². The van der Waals surface area contributed by atoms with Crippen molar-refractivity contribution in [2.45, 2.75) is 103 Å². The van der Waals surface area contributed by atoms with Gasteiger partial charge in [-0.2, -0.15) is 0 Å². The Morgan fingerprint density at radius 1 is 1.09 bits per heavy atom. The van der Waals surface area contributed by atoms with Crippen LogP contribution in [0.4, 0.5) is 0 Å². The van der Waals surface area contributed by atoms with Crippen LogP contribution in [0.2, 0.25) is 0 Å². The van der Waals surface area contributed by atoms with Gasteiger partial charge in [0.2, 0.25) is 0 Å². The van der Waals surface area contributed by atoms with Gasteiger partial charge in [0.1, 0.15) is 5.75 Å². The second-order valence-corrected chi connectivity index (χ2v) is 10.1. The summed E-state index contributed by atoms with van der Waals surface area (Å²) in [4.78, 5) is 18.8. The van der Waals surface area contributed by atoms with E-state index >= 15 is 0 Å². The normalized spacial score (nSPS) is 18.5. The standard InChI is InChI=1S/C27H38N6O2/c1-3-25(26-29-30-31-33(26)22-12-8-9-13-22)32(21-10-6-5-7-11-21)18-20-16-19-17-23(35-4-2)14-15-24(19)28-27(20)34/h14-17,21-22,25H,3-13,18H2,1-2H3,(H,28,34). The van der Waals surface area contributed by atoms with Gasteiger partial charge in [-0.1, -0.05) is 39.0 Å². The number of hydrogen-bond acceptors (Lipinski definition) is 6. The van der Waals surface area contributed by atoms with Gasteiger partial charge in [0, 0.05) is 29.1 Å². The summed E-state index contributed by atoms with van der Waals surface area (Å²) in [7, 11) is 0. The Kier molecular flexibility index (Phi) is 7.46. The summed E-state index contributed by atoms with van der Waals surface area (Å²) >= 11 is 0. The molecule has 0 spiro atoms. The molecule has 0 saturated heterocycles. The molecule has 2 saturated carbocycles. The van der Waals surface area contributed by atoms with Crippen molar-refractivity contribution < 1.29 is 4.74 Å². The lowest BCUT2D eigenvalue weighted by atomic mass is 9.92. The predicted molar refractivity (Wildman–Crippen MR) is 137 cm³/mol. The molecule has 35 heavy (non-hydrogen) atoms. The van der Waals surface area contributed by atoms with Gasteiger partial charge in [-0.25, -0.2) is 4.68 Å². The van der Waals surface area contributed by atoms with Gasteiger partial charge in [-0.15, -0.1) is 5.10 Å². The van der Waals surface area contributed by atoms with E-state index in [-0.39, 0.29) is 11.6 Å². The third-order valence-corrected chi connectivity index (χ3v) is 7.87. The number of aromatic nitrogens is 5. The third kappa shape index (κ3) is 5.13. The van der Waals surface area contributed by atoms with Crippen molar-refractivity contribution in [3.63, 3.8) is 0 Å². The number of fused-ring (bicyclic) bond motifs is 1. The van der Waals surface area contributed by atoms with Gasteiger partial charge < -0.3 is 9.72 Å². The molecule has 2 fully saturated rings. The van der Waals surface area contributed by atoms with Crippen LogP contribution in [0.5, 0.6) is 5.75 Å². The summed E-state index contributed by atoms with van der Waals surface area (Å²) in [6.07, 6.45) is 11.7. The Bertz CT molecular complexity index is 1180. The molecule has 0 aliphatic heterocycles. The van der Waals surface area contributed by atoms with Crippen molar-refractivity contribution in [1.29, 1.82) is 0 Å². The summed E-state index contributed by atoms with van der Waals surface area (Å²) in [6.45, 7) is 5.40. The number of aromatic amines is 1. The van der Waals surface area contributed by atoms with Gasteiger partial charge in [0.15, 0.2) is 5.82 Å². The van der Waals surface area contributed by atoms with Crippen LogP contribution in [-0.4, -0.2) is 42.7 Å². The lowest BCUT2D eigenvalue weighted by Crippen LogP contribution is -2.41. The van der Waals surface area contributed by atoms with E-state index in [1.165, 1.54) is 32.1 Å². The minimum Gasteiger partial charge on any atom is -0.494 e. The largest absolute Gasteiger partial charge is 0.494 e. The molecule has 0 bridgehead atoms. The Labute approximate surface area is 207 Å². The highest BCUT2D eigenvalue weighted by molar-refractivity contribution is 5.80. The molecule has 0 radical (unpaired) electrons. The SMILES string of the molecule is CCOc1ccc2[nH]c(=O)c(CN(C3CCCCC3)C(CC)c3nnnn3C3CCCC3)cc2c1. The fourth-order valence-corrected chi connectivity index (χ4v) is 6.10. The summed E-state index contributed by atoms with van der Waals surface area (Å²) in [5.41, 5.74) is 1.60. The van der Waals surface area contributed by atoms with Crippen LogP contribution in [0.1, 0.15) is 102 Å². The van der Waals surface area contributed by atoms with Crippen molar-refractivity contribution in [3.05, 3.63) is 46.0 Å². The number of H-pyrrole nitrogens is 1. The smallest absolute Gasteiger partial charge is 0.252 e. The van der Waals surface area contributed by atoms with Gasteiger partial charge in [-0.05, 0) is 73.7 Å². The lowest BCUT2D eigenvalue weighted by molar-refractivity contribution is 0.0830. The van der Waals surface area contributed by atoms with E-state index < -0.39 is 0 Å². The van der Waals surface area contributed by atoms with E-state index in [1.54, 1.807) is 0 Å². The maximum absolute atomic E-state index is 13.2. The molecule has 3 aromatic rings. The molecule has 1 N–H and O–H groups in total. The minimum absolute atomic E-state index is 0.0206. The summed E-state index contributed by atoms with van der Waals surface area (Å²) < 4.78 is 7.79. The highest BCUT2D eigenvalue weighted by atomic mass is 16.5. The number of pyridine rings is 1. The van der Waals surface area contributed by atoms with E-state index in [4.69, 9.17) is 4.74 Å². The number of ether oxygens (including phenoxy) is 1. The van der Waals surface area contributed by atoms with Crippen molar-refractivity contribution >= 4 is 10.9 Å². The van der Waals surface area contributed by atoms with Crippen molar-refractivity contribution in [2.75, 3.05) is 6.61 Å². The molecule has 0 amide bonds. The summed E-state index contributed by atoms with van der Waals surface area (Å²) in [5.74, 6) is 1.78. The van der Waals surface area contributed by atoms with E-state index in [0.29, 0.717) is 25.2 Å². The molecule has 1 unspecified atom stereocenters. The quantitative estimate of drug-likeness (QED) is 0.448. The molecular weight excluding hydrogens is 440 g/mol. The lowest BCUT2D eigenvalue weighted by Gasteiger charge is -2.39. The average molecular weight is 479 g/mol. The van der Waals surface area contributed by atoms with E-state index in [1.807, 2.05) is 31.2 Å². The average Bonchev–Trinajstić information content (AvgIpc) is 3.57. The second-order valence-electron chi connectivity index (χ2n) is 10.1. The van der Waals surface area contributed by atoms with Crippen LogP contribution in [-0.2, 0) is 6.54 Å². The Morgan fingerprint density at radius 3 is 2.60 bits per heavy atom. The van der Waals surface area contributed by atoms with Crippen LogP contribution < -0.4 is 10.3 Å². The van der Waals surface area contributed by atoms with E-state index in [2.05, 4.69) is 37.0 Å². The Morgan fingerprint density at radius 2 is 1.86 bits per heavy atom. The fourth-order valence-electron chi connectivity index (χ4n) is 6.10. The molecule has 5 rings (SSSR count). The first-order valence-corrected chi connectivity index (χ1v) is 13.5. The van der Waals surface area contributed by atoms with Gasteiger partial charge in [0.25, 0.3) is 5.56 Å². The molecule has 8 nitrogen and oxygen atoms in total. The monoisotopic (exact) mass is 478 g/mol. The highest BCUT2D eigenvalue weighted by Crippen LogP contribution is 2.36. The first kappa shape index (κ1) is 24.0. The number of rotatable bonds is 9. The van der Waals surface area contributed by atoms with Crippen molar-refractivity contribution in [1.82, 2.24) is 30.1 Å². The van der Waals surface area contributed by atoms with Gasteiger partial charge >= 0.3 is 0 Å². The molecule has 188 valence electrons. The Balaban J connectivity index is 1.51. The van der Waals surface area contributed by atoms with Crippen LogP contribution in [0.3, 0.4) is 0 Å². The second kappa shape index (κ2) is 10.9. The van der Waals surface area contributed by atoms with Crippen LogP contribution in [0.25, 0.3) is 10.9 Å². The van der Waals surface area contributed by atoms with Crippen molar-refractivity contribution in [3.8, 4) is 5.75 Å². The minimum atomic E-state index is -0.0206. The number of hydrogen-bond donors (Lipinski definition) is 1. The zero-order valence-corrected chi connectivity index (χ0v) is 21.1. The zero-order valence-electron chi connectivity index (χ0n) is 21.1. The van der Waals surface area contributed by atoms with Crippen molar-refractivity contribution in [2.24, 2.45) is 0 Å². The molecule has 2 aliphatic rings. The number of benzene rings is 1. The van der Waals surface area contributed by atoms with Gasteiger partial charge in [0.05, 0.1) is 18.7 Å². The van der Waals surface area contributed by atoms with Crippen LogP contribution >= 0.6 is 0 Å². The Hall–Kier alpha value is -2.74. The zero-order chi connectivity index (χ0) is 24.2. The third-order valence-electron chi connectivity index (χ3n) is 7.87. The van der Waals surface area contributed by atoms with Crippen LogP contribution in [0.15, 0.2) is 29.1 Å². The molecule has 2 heterocycles. The summed E-state index contributed by atoms with van der Waals surface area (Å²) in [6, 6.07) is 8.79. The van der Waals surface area contributed by atoms with Gasteiger partial charge in [-0.3, -0.25) is 9.69 Å². The molecule has 1 aromatic carbocycles. The van der Waals surface area contributed by atoms with Crippen LogP contribution in [0, 0.1) is 0 Å². The maximum Gasteiger partial charge on any atom is 0.252 e. The first-order chi connectivity index (χ1) is 17.2. The molecule has 2 aromatic heterocycles. The number of nitrogens with one attached hydrogen (secondary N) is 1. The fraction of sp³-hybridized carbons (Fsp3) is 0.630. The summed E-state index contributed by atoms with van der Waals surface area (Å²) in [5, 5.41) is 14.1. The molecule has 1 atom stereocenters. The number of nitrogens with zero attached hydrogens (tertiary/aromatic N) is 5. The number of tetrazole rings is 1. The predicted octanol–water partition coefficient (Wildman–Crippen LogP) is 5.31. The molecule has 8 heteroatoms. The van der Waals surface area contributed by atoms with E-state index in [0.717, 1.165) is 60.1 Å².